The minimum absolute atomic E-state index is 0.277. The van der Waals surface area contributed by atoms with Gasteiger partial charge in [-0.25, -0.2) is 4.79 Å². The molecule has 0 aromatic heterocycles. The maximum Gasteiger partial charge on any atom is 0.338 e. The first kappa shape index (κ1) is 24.9. The van der Waals surface area contributed by atoms with Gasteiger partial charge < -0.3 is 24.8 Å². The molecule has 0 saturated carbocycles. The van der Waals surface area contributed by atoms with E-state index in [4.69, 9.17) is 49.6 Å². The maximum atomic E-state index is 12.9. The summed E-state index contributed by atoms with van der Waals surface area (Å²) in [5.74, 6) is 0.535. The van der Waals surface area contributed by atoms with Crippen molar-refractivity contribution in [2.45, 2.75) is 12.6 Å². The Morgan fingerprint density at radius 1 is 1.00 bits per heavy atom. The molecule has 35 heavy (non-hydrogen) atoms. The van der Waals surface area contributed by atoms with Crippen LogP contribution < -0.4 is 20.1 Å². The molecule has 0 aliphatic carbocycles. The third-order valence-electron chi connectivity index (χ3n) is 5.47. The Hall–Kier alpha value is -3.26. The summed E-state index contributed by atoms with van der Waals surface area (Å²) in [6, 6.07) is 19.4. The summed E-state index contributed by atoms with van der Waals surface area (Å²) >= 11 is 17.7. The number of thiocarbonyl (C=S) groups is 1. The van der Waals surface area contributed by atoms with E-state index in [1.54, 1.807) is 31.4 Å². The highest BCUT2D eigenvalue weighted by Gasteiger charge is 2.33. The van der Waals surface area contributed by atoms with E-state index < -0.39 is 12.0 Å². The fourth-order valence-electron chi connectivity index (χ4n) is 3.74. The second kappa shape index (κ2) is 11.0. The van der Waals surface area contributed by atoms with E-state index in [9.17, 15) is 4.79 Å². The molecule has 0 amide bonds. The van der Waals surface area contributed by atoms with Crippen molar-refractivity contribution in [2.24, 2.45) is 0 Å². The Balaban J connectivity index is 1.71. The van der Waals surface area contributed by atoms with E-state index in [0.29, 0.717) is 37.9 Å². The van der Waals surface area contributed by atoms with Crippen LogP contribution in [0.5, 0.6) is 11.5 Å². The van der Waals surface area contributed by atoms with Crippen LogP contribution in [-0.4, -0.2) is 25.3 Å². The Morgan fingerprint density at radius 3 is 2.43 bits per heavy atom. The second-order valence-electron chi connectivity index (χ2n) is 7.61. The normalized spacial score (nSPS) is 15.2. The molecule has 1 aliphatic rings. The SMILES string of the molecule is COC(=O)C1=C(c2ccc(Cl)cc2)NC(=S)N[C@@H]1c1ccc(OCc2ccccc2Cl)c(OC)c1. The quantitative estimate of drug-likeness (QED) is 0.301. The summed E-state index contributed by atoms with van der Waals surface area (Å²) in [7, 11) is 2.89. The molecule has 6 nitrogen and oxygen atoms in total. The van der Waals surface area contributed by atoms with Crippen LogP contribution in [0.3, 0.4) is 0 Å². The van der Waals surface area contributed by atoms with Gasteiger partial charge in [0, 0.05) is 15.6 Å². The van der Waals surface area contributed by atoms with E-state index in [2.05, 4.69) is 10.6 Å². The van der Waals surface area contributed by atoms with Crippen LogP contribution in [0.4, 0.5) is 0 Å². The van der Waals surface area contributed by atoms with Crippen LogP contribution in [0.2, 0.25) is 10.0 Å². The number of carbonyl (C=O) groups is 1. The zero-order chi connectivity index (χ0) is 24.9. The molecule has 3 aromatic carbocycles. The molecular weight excluding hydrogens is 507 g/mol. The number of rotatable bonds is 7. The van der Waals surface area contributed by atoms with Gasteiger partial charge in [-0.3, -0.25) is 0 Å². The molecule has 0 fully saturated rings. The van der Waals surface area contributed by atoms with Gasteiger partial charge in [0.2, 0.25) is 0 Å². The number of methoxy groups -OCH3 is 2. The summed E-state index contributed by atoms with van der Waals surface area (Å²) < 4.78 is 16.7. The highest BCUT2D eigenvalue weighted by Crippen LogP contribution is 2.37. The number of carbonyl (C=O) groups excluding carboxylic acids is 1. The van der Waals surface area contributed by atoms with Crippen molar-refractivity contribution in [1.82, 2.24) is 10.6 Å². The summed E-state index contributed by atoms with van der Waals surface area (Å²) in [5, 5.41) is 7.83. The van der Waals surface area contributed by atoms with Gasteiger partial charge in [-0.05, 0) is 53.7 Å². The molecule has 1 atom stereocenters. The van der Waals surface area contributed by atoms with Crippen LogP contribution in [0, 0.1) is 0 Å². The summed E-state index contributed by atoms with van der Waals surface area (Å²) in [4.78, 5) is 12.9. The summed E-state index contributed by atoms with van der Waals surface area (Å²) in [5.41, 5.74) is 3.25. The molecule has 2 N–H and O–H groups in total. The van der Waals surface area contributed by atoms with Gasteiger partial charge in [-0.2, -0.15) is 0 Å². The number of ether oxygens (including phenoxy) is 3. The molecule has 9 heteroatoms. The van der Waals surface area contributed by atoms with E-state index in [0.717, 1.165) is 16.7 Å². The van der Waals surface area contributed by atoms with E-state index >= 15 is 0 Å². The van der Waals surface area contributed by atoms with Crippen LogP contribution in [0.25, 0.3) is 5.70 Å². The standard InChI is InChI=1S/C26H22Cl2N2O4S/c1-32-21-13-16(9-12-20(21)34-14-17-5-3-4-6-19(17)28)24-22(25(31)33-2)23(29-26(35)30-24)15-7-10-18(27)11-8-15/h3-13,24H,14H2,1-2H3,(H2,29,30,35)/t24-/m1/s1. The number of nitrogens with one attached hydrogen (secondary N) is 2. The minimum atomic E-state index is -0.589. The predicted octanol–water partition coefficient (Wildman–Crippen LogP) is 5.68. The van der Waals surface area contributed by atoms with Crippen molar-refractivity contribution in [1.29, 1.82) is 0 Å². The van der Waals surface area contributed by atoms with Crippen molar-refractivity contribution >= 4 is 52.2 Å². The second-order valence-corrected chi connectivity index (χ2v) is 8.86. The molecular formula is C26H22Cl2N2O4S. The first-order valence-electron chi connectivity index (χ1n) is 10.6. The first-order valence-corrected chi connectivity index (χ1v) is 11.8. The fraction of sp³-hybridized carbons (Fsp3) is 0.154. The summed E-state index contributed by atoms with van der Waals surface area (Å²) in [6.07, 6.45) is 0. The molecule has 0 radical (unpaired) electrons. The molecule has 0 spiro atoms. The van der Waals surface area contributed by atoms with Gasteiger partial charge in [0.05, 0.1) is 31.5 Å². The number of halogens is 2. The maximum absolute atomic E-state index is 12.9. The zero-order valence-electron chi connectivity index (χ0n) is 18.9. The van der Waals surface area contributed by atoms with Gasteiger partial charge in [-0.15, -0.1) is 0 Å². The zero-order valence-corrected chi connectivity index (χ0v) is 21.3. The van der Waals surface area contributed by atoms with Gasteiger partial charge in [0.15, 0.2) is 16.6 Å². The molecule has 1 heterocycles. The third kappa shape index (κ3) is 5.53. The molecule has 4 rings (SSSR count). The number of hydrogen-bond acceptors (Lipinski definition) is 5. The van der Waals surface area contributed by atoms with Crippen molar-refractivity contribution in [2.75, 3.05) is 14.2 Å². The van der Waals surface area contributed by atoms with Gasteiger partial charge in [0.25, 0.3) is 0 Å². The molecule has 180 valence electrons. The van der Waals surface area contributed by atoms with Gasteiger partial charge in [0.1, 0.15) is 6.61 Å². The number of benzene rings is 3. The lowest BCUT2D eigenvalue weighted by Gasteiger charge is -2.31. The van der Waals surface area contributed by atoms with E-state index in [-0.39, 0.29) is 6.61 Å². The van der Waals surface area contributed by atoms with Crippen molar-refractivity contribution in [3.8, 4) is 11.5 Å². The highest BCUT2D eigenvalue weighted by molar-refractivity contribution is 7.80. The third-order valence-corrected chi connectivity index (χ3v) is 6.31. The lowest BCUT2D eigenvalue weighted by molar-refractivity contribution is -0.136. The number of esters is 1. The minimum Gasteiger partial charge on any atom is -0.493 e. The van der Waals surface area contributed by atoms with Crippen molar-refractivity contribution in [3.05, 3.63) is 99.0 Å². The van der Waals surface area contributed by atoms with Crippen molar-refractivity contribution in [3.63, 3.8) is 0 Å². The van der Waals surface area contributed by atoms with Crippen LogP contribution in [-0.2, 0) is 16.1 Å². The Morgan fingerprint density at radius 2 is 1.74 bits per heavy atom. The Labute approximate surface area is 218 Å². The average molecular weight is 529 g/mol. The topological polar surface area (TPSA) is 68.8 Å². The van der Waals surface area contributed by atoms with Crippen LogP contribution >= 0.6 is 35.4 Å². The predicted molar refractivity (Wildman–Crippen MR) is 141 cm³/mol. The number of hydrogen-bond donors (Lipinski definition) is 2. The fourth-order valence-corrected chi connectivity index (χ4v) is 4.28. The summed E-state index contributed by atoms with van der Waals surface area (Å²) in [6.45, 7) is 0.277. The first-order chi connectivity index (χ1) is 16.9. The molecule has 1 aliphatic heterocycles. The van der Waals surface area contributed by atoms with Gasteiger partial charge in [-0.1, -0.05) is 59.6 Å². The Bertz CT molecular complexity index is 1290. The Kier molecular flexibility index (Phi) is 7.80. The van der Waals surface area contributed by atoms with Crippen LogP contribution in [0.15, 0.2) is 72.3 Å². The molecule has 0 bridgehead atoms. The largest absolute Gasteiger partial charge is 0.493 e. The molecule has 0 unspecified atom stereocenters. The smallest absolute Gasteiger partial charge is 0.338 e. The lowest BCUT2D eigenvalue weighted by Crippen LogP contribution is -2.45. The van der Waals surface area contributed by atoms with Gasteiger partial charge >= 0.3 is 5.97 Å². The average Bonchev–Trinajstić information content (AvgIpc) is 2.87. The highest BCUT2D eigenvalue weighted by atomic mass is 35.5. The van der Waals surface area contributed by atoms with Crippen LogP contribution in [0.1, 0.15) is 22.7 Å². The monoisotopic (exact) mass is 528 g/mol. The lowest BCUT2D eigenvalue weighted by atomic mass is 9.92. The van der Waals surface area contributed by atoms with Crippen molar-refractivity contribution < 1.29 is 19.0 Å². The molecule has 0 saturated heterocycles. The van der Waals surface area contributed by atoms with E-state index in [1.165, 1.54) is 7.11 Å². The molecule has 3 aromatic rings. The van der Waals surface area contributed by atoms with E-state index in [1.807, 2.05) is 42.5 Å².